The quantitative estimate of drug-likeness (QED) is 0.0976. The molecule has 0 aliphatic carbocycles. The van der Waals surface area contributed by atoms with Crippen molar-refractivity contribution in [2.75, 3.05) is 33.8 Å². The van der Waals surface area contributed by atoms with Gasteiger partial charge in [-0.05, 0) is 54.8 Å². The predicted molar refractivity (Wildman–Crippen MR) is 219 cm³/mol. The number of thiophene rings is 2. The fourth-order valence-corrected chi connectivity index (χ4v) is 9.76. The van der Waals surface area contributed by atoms with E-state index >= 15 is 0 Å². The zero-order valence-corrected chi connectivity index (χ0v) is 33.5. The summed E-state index contributed by atoms with van der Waals surface area (Å²) >= 11 is 3.54. The first-order valence-electron chi connectivity index (χ1n) is 18.6. The largest absolute Gasteiger partial charge is 0.453 e. The van der Waals surface area contributed by atoms with Crippen LogP contribution in [0.25, 0.3) is 37.4 Å². The van der Waals surface area contributed by atoms with Gasteiger partial charge >= 0.3 is 6.09 Å². The number of nitrogens with zero attached hydrogens (tertiary/aromatic N) is 3. The molecular formula is C41H51N7O4S2. The van der Waals surface area contributed by atoms with Gasteiger partial charge in [0.25, 0.3) is 0 Å². The number of imidazole rings is 1. The third-order valence-corrected chi connectivity index (χ3v) is 12.7. The van der Waals surface area contributed by atoms with Gasteiger partial charge < -0.3 is 35.5 Å². The van der Waals surface area contributed by atoms with E-state index < -0.39 is 6.09 Å². The van der Waals surface area contributed by atoms with Crippen LogP contribution in [0.2, 0.25) is 0 Å². The maximum atomic E-state index is 13.4. The maximum Gasteiger partial charge on any atom is 0.407 e. The lowest BCUT2D eigenvalue weighted by Crippen LogP contribution is -2.50. The minimum absolute atomic E-state index is 0.0334. The number of carbonyl (C=O) groups excluding carboxylic acids is 3. The van der Waals surface area contributed by atoms with E-state index in [1.165, 1.54) is 33.2 Å². The number of allylic oxidation sites excluding steroid dienone is 1. The molecule has 1 fully saturated rings. The monoisotopic (exact) mass is 769 g/mol. The van der Waals surface area contributed by atoms with Crippen LogP contribution in [0.3, 0.4) is 0 Å². The highest BCUT2D eigenvalue weighted by Gasteiger charge is 2.35. The summed E-state index contributed by atoms with van der Waals surface area (Å²) in [6.45, 7) is 14.1. The lowest BCUT2D eigenvalue weighted by molar-refractivity contribution is -0.134. The molecule has 286 valence electrons. The van der Waals surface area contributed by atoms with Gasteiger partial charge in [0, 0.05) is 46.9 Å². The van der Waals surface area contributed by atoms with E-state index in [2.05, 4.69) is 106 Å². The van der Waals surface area contributed by atoms with Crippen molar-refractivity contribution in [3.63, 3.8) is 0 Å². The van der Waals surface area contributed by atoms with Gasteiger partial charge in [0.15, 0.2) is 0 Å². The Morgan fingerprint density at radius 1 is 1.09 bits per heavy atom. The molecule has 6 rings (SSSR count). The molecule has 54 heavy (non-hydrogen) atoms. The molecule has 5 heterocycles. The second-order valence-electron chi connectivity index (χ2n) is 14.3. The van der Waals surface area contributed by atoms with Crippen molar-refractivity contribution >= 4 is 55.6 Å². The average Bonchev–Trinajstić information content (AvgIpc) is 4.02. The summed E-state index contributed by atoms with van der Waals surface area (Å²) in [6, 6.07) is 7.88. The van der Waals surface area contributed by atoms with Crippen molar-refractivity contribution in [2.24, 2.45) is 11.8 Å². The number of methoxy groups -OCH3 is 1. The van der Waals surface area contributed by atoms with Crippen LogP contribution in [-0.4, -0.2) is 83.6 Å². The molecule has 1 aromatic carbocycles. The number of amides is 3. The number of nitrogens with one attached hydrogen (secondary N) is 4. The number of benzene rings is 1. The van der Waals surface area contributed by atoms with E-state index in [1.54, 1.807) is 33.8 Å². The van der Waals surface area contributed by atoms with Gasteiger partial charge in [-0.3, -0.25) is 9.59 Å². The van der Waals surface area contributed by atoms with Crippen LogP contribution in [0.15, 0.2) is 71.9 Å². The molecule has 0 radical (unpaired) electrons. The summed E-state index contributed by atoms with van der Waals surface area (Å²) in [6.07, 6.45) is 10.0. The number of likely N-dealkylation sites (tertiary alicyclic amines) is 1. The van der Waals surface area contributed by atoms with E-state index in [1.807, 2.05) is 24.1 Å². The summed E-state index contributed by atoms with van der Waals surface area (Å²) in [5.74, 6) is 1.11. The van der Waals surface area contributed by atoms with Gasteiger partial charge in [0.05, 0.1) is 40.5 Å². The Kier molecular flexibility index (Phi) is 12.4. The fourth-order valence-electron chi connectivity index (χ4n) is 7.31. The van der Waals surface area contributed by atoms with Gasteiger partial charge in [-0.2, -0.15) is 0 Å². The summed E-state index contributed by atoms with van der Waals surface area (Å²) in [4.78, 5) is 49.4. The van der Waals surface area contributed by atoms with Crippen LogP contribution >= 0.6 is 22.7 Å². The van der Waals surface area contributed by atoms with Gasteiger partial charge in [-0.15, -0.1) is 22.7 Å². The van der Waals surface area contributed by atoms with Crippen LogP contribution in [-0.2, 0) is 14.3 Å². The highest BCUT2D eigenvalue weighted by Crippen LogP contribution is 2.44. The van der Waals surface area contributed by atoms with Crippen LogP contribution in [0.5, 0.6) is 0 Å². The third kappa shape index (κ3) is 8.03. The molecule has 1 saturated heterocycles. The number of hydrogen-bond acceptors (Lipinski definition) is 9. The first kappa shape index (κ1) is 39.0. The SMILES string of the molecule is C=C(N/C=C(/c1csc2c(-c3ccc(-c4cnc(C5C=CCN5C(=O)CNC(=O)OC)[nH]4)cc3)csc12)C(C)CC)C1CCCN1C(=O)C(NC)C(C)C. The van der Waals surface area contributed by atoms with Crippen molar-refractivity contribution in [1.29, 1.82) is 0 Å². The highest BCUT2D eigenvalue weighted by atomic mass is 32.1. The highest BCUT2D eigenvalue weighted by molar-refractivity contribution is 7.27. The van der Waals surface area contributed by atoms with Crippen molar-refractivity contribution in [3.05, 3.63) is 83.2 Å². The van der Waals surface area contributed by atoms with Gasteiger partial charge in [0.2, 0.25) is 11.8 Å². The van der Waals surface area contributed by atoms with Gasteiger partial charge in [0.1, 0.15) is 18.4 Å². The zero-order chi connectivity index (χ0) is 38.5. The molecule has 2 aliphatic rings. The smallest absolute Gasteiger partial charge is 0.407 e. The van der Waals surface area contributed by atoms with Crippen molar-refractivity contribution in [1.82, 2.24) is 35.7 Å². The molecule has 11 nitrogen and oxygen atoms in total. The van der Waals surface area contributed by atoms with E-state index in [9.17, 15) is 14.4 Å². The summed E-state index contributed by atoms with van der Waals surface area (Å²) in [5, 5.41) is 13.7. The topological polar surface area (TPSA) is 132 Å². The number of rotatable bonds is 14. The Morgan fingerprint density at radius 2 is 1.83 bits per heavy atom. The molecule has 13 heteroatoms. The summed E-state index contributed by atoms with van der Waals surface area (Å²) in [5.41, 5.74) is 7.54. The number of aromatic nitrogens is 2. The molecule has 0 bridgehead atoms. The summed E-state index contributed by atoms with van der Waals surface area (Å²) in [7, 11) is 3.12. The normalized spacial score (nSPS) is 18.4. The molecule has 0 saturated carbocycles. The molecule has 4 aromatic rings. The Bertz CT molecular complexity index is 2040. The maximum absolute atomic E-state index is 13.4. The Morgan fingerprint density at radius 3 is 2.54 bits per heavy atom. The molecule has 0 spiro atoms. The average molecular weight is 770 g/mol. The van der Waals surface area contributed by atoms with Gasteiger partial charge in [-0.1, -0.05) is 70.7 Å². The fraction of sp³-hybridized carbons (Fsp3) is 0.415. The van der Waals surface area contributed by atoms with Crippen molar-refractivity contribution in [3.8, 4) is 22.4 Å². The molecule has 4 N–H and O–H groups in total. The lowest BCUT2D eigenvalue weighted by atomic mass is 9.94. The Hall–Kier alpha value is -4.72. The van der Waals surface area contributed by atoms with Gasteiger partial charge in [-0.25, -0.2) is 9.78 Å². The van der Waals surface area contributed by atoms with Crippen LogP contribution < -0.4 is 16.0 Å². The van der Waals surface area contributed by atoms with E-state index in [0.29, 0.717) is 18.3 Å². The van der Waals surface area contributed by atoms with E-state index in [-0.39, 0.29) is 42.4 Å². The number of ether oxygens (including phenoxy) is 1. The molecule has 3 amide bonds. The van der Waals surface area contributed by atoms with Crippen molar-refractivity contribution in [2.45, 2.75) is 65.1 Å². The van der Waals surface area contributed by atoms with Crippen LogP contribution in [0, 0.1) is 11.8 Å². The van der Waals surface area contributed by atoms with Crippen LogP contribution in [0.4, 0.5) is 4.79 Å². The minimum atomic E-state index is -0.645. The lowest BCUT2D eigenvalue weighted by Gasteiger charge is -2.31. The minimum Gasteiger partial charge on any atom is -0.453 e. The molecular weight excluding hydrogens is 719 g/mol. The first-order valence-corrected chi connectivity index (χ1v) is 20.4. The number of likely N-dealkylation sites (N-methyl/N-ethyl adjacent to an activating group) is 1. The number of hydrogen-bond donors (Lipinski definition) is 4. The summed E-state index contributed by atoms with van der Waals surface area (Å²) < 4.78 is 7.12. The molecule has 3 aromatic heterocycles. The van der Waals surface area contributed by atoms with E-state index in [4.69, 9.17) is 0 Å². The molecule has 4 atom stereocenters. The number of carbonyl (C=O) groups is 3. The zero-order valence-electron chi connectivity index (χ0n) is 31.9. The number of fused-ring (bicyclic) bond motifs is 1. The third-order valence-electron chi connectivity index (χ3n) is 10.6. The second kappa shape index (κ2) is 17.2. The molecule has 2 aliphatic heterocycles. The first-order chi connectivity index (χ1) is 26.1. The second-order valence-corrected chi connectivity index (χ2v) is 16.0. The number of alkyl carbamates (subject to hydrolysis) is 1. The molecule has 4 unspecified atom stereocenters. The van der Waals surface area contributed by atoms with Crippen molar-refractivity contribution < 1.29 is 19.1 Å². The van der Waals surface area contributed by atoms with E-state index in [0.717, 1.165) is 48.3 Å². The predicted octanol–water partition coefficient (Wildman–Crippen LogP) is 7.54. The van der Waals surface area contributed by atoms with Crippen LogP contribution in [0.1, 0.15) is 64.4 Å². The standard InChI is InChI=1S/C41H51N7O4S2/c1-8-25(4)29(19-43-26(5)33-11-9-18-48(33)40(50)36(42-6)24(2)3)31-23-54-37-30(22-53-38(31)37)27-13-15-28(16-14-27)32-20-44-39(46-32)34-12-10-17-47(34)35(49)21-45-41(51)52-7/h10,12-16,19-20,22-25,33-34,36,42-43H,5,8-9,11,17-18,21H2,1-4,6-7H3,(H,44,46)(H,45,51)/b29-19+. The Labute approximate surface area is 325 Å². The number of H-pyrrole nitrogens is 1. The number of aromatic amines is 1. The Balaban J connectivity index is 1.17.